The van der Waals surface area contributed by atoms with Gasteiger partial charge in [0.2, 0.25) is 0 Å². The monoisotopic (exact) mass is 303 g/mol. The fourth-order valence-electron chi connectivity index (χ4n) is 2.13. The summed E-state index contributed by atoms with van der Waals surface area (Å²) in [6.07, 6.45) is 1.06. The van der Waals surface area contributed by atoms with Crippen LogP contribution in [0.15, 0.2) is 46.9 Å². The molecule has 2 N–H and O–H groups in total. The zero-order valence-electron chi connectivity index (χ0n) is 10.8. The Hall–Kier alpha value is -1.12. The minimum Gasteiger partial charge on any atom is -0.320 e. The first-order valence-electron chi connectivity index (χ1n) is 6.22. The SMILES string of the molecule is CCc1ccc(C(N)c2ccc(Br)cc2C)cc1. The molecule has 94 valence electrons. The van der Waals surface area contributed by atoms with Crippen LogP contribution in [0.1, 0.15) is 35.2 Å². The van der Waals surface area contributed by atoms with E-state index in [-0.39, 0.29) is 6.04 Å². The second-order valence-corrected chi connectivity index (χ2v) is 5.49. The van der Waals surface area contributed by atoms with Crippen LogP contribution in [-0.4, -0.2) is 0 Å². The molecule has 0 saturated carbocycles. The highest BCUT2D eigenvalue weighted by Crippen LogP contribution is 2.25. The lowest BCUT2D eigenvalue weighted by atomic mass is 9.95. The third kappa shape index (κ3) is 2.82. The Morgan fingerprint density at radius 1 is 1.11 bits per heavy atom. The Morgan fingerprint density at radius 2 is 1.78 bits per heavy atom. The van der Waals surface area contributed by atoms with Crippen molar-refractivity contribution in [3.63, 3.8) is 0 Å². The lowest BCUT2D eigenvalue weighted by Gasteiger charge is -2.16. The molecule has 0 saturated heterocycles. The minimum atomic E-state index is -0.0518. The van der Waals surface area contributed by atoms with Gasteiger partial charge in [-0.1, -0.05) is 53.2 Å². The number of rotatable bonds is 3. The number of hydrogen-bond acceptors (Lipinski definition) is 1. The molecular formula is C16H18BrN. The Balaban J connectivity index is 2.31. The summed E-state index contributed by atoms with van der Waals surface area (Å²) >= 11 is 3.48. The molecule has 0 amide bonds. The Labute approximate surface area is 117 Å². The van der Waals surface area contributed by atoms with Crippen LogP contribution in [0.2, 0.25) is 0 Å². The molecule has 0 aliphatic carbocycles. The van der Waals surface area contributed by atoms with Gasteiger partial charge in [0.25, 0.3) is 0 Å². The molecule has 2 heteroatoms. The molecule has 0 aromatic heterocycles. The second kappa shape index (κ2) is 5.68. The number of benzene rings is 2. The molecule has 18 heavy (non-hydrogen) atoms. The molecule has 1 unspecified atom stereocenters. The lowest BCUT2D eigenvalue weighted by molar-refractivity contribution is 0.859. The van der Waals surface area contributed by atoms with Gasteiger partial charge < -0.3 is 5.73 Å². The fraction of sp³-hybridized carbons (Fsp3) is 0.250. The molecule has 1 nitrogen and oxygen atoms in total. The molecule has 1 atom stereocenters. The van der Waals surface area contributed by atoms with Crippen LogP contribution in [0, 0.1) is 6.92 Å². The fourth-order valence-corrected chi connectivity index (χ4v) is 2.60. The molecule has 0 spiro atoms. The van der Waals surface area contributed by atoms with Crippen LogP contribution in [0.3, 0.4) is 0 Å². The first kappa shape index (κ1) is 13.3. The van der Waals surface area contributed by atoms with Crippen molar-refractivity contribution in [1.29, 1.82) is 0 Å². The summed E-state index contributed by atoms with van der Waals surface area (Å²) in [5.41, 5.74) is 11.3. The highest BCUT2D eigenvalue weighted by Gasteiger charge is 2.11. The van der Waals surface area contributed by atoms with E-state index in [1.54, 1.807) is 0 Å². The van der Waals surface area contributed by atoms with Crippen LogP contribution in [0.4, 0.5) is 0 Å². The summed E-state index contributed by atoms with van der Waals surface area (Å²) in [7, 11) is 0. The summed E-state index contributed by atoms with van der Waals surface area (Å²) in [6.45, 7) is 4.26. The van der Waals surface area contributed by atoms with Crippen LogP contribution in [-0.2, 0) is 6.42 Å². The standard InChI is InChI=1S/C16H18BrN/c1-3-12-4-6-13(7-5-12)16(18)15-9-8-14(17)10-11(15)2/h4-10,16H,3,18H2,1-2H3. The average Bonchev–Trinajstić information content (AvgIpc) is 2.38. The van der Waals surface area contributed by atoms with Gasteiger partial charge in [0.05, 0.1) is 6.04 Å². The quantitative estimate of drug-likeness (QED) is 0.895. The van der Waals surface area contributed by atoms with Gasteiger partial charge in [0.15, 0.2) is 0 Å². The van der Waals surface area contributed by atoms with Gasteiger partial charge in [0.1, 0.15) is 0 Å². The Morgan fingerprint density at radius 3 is 2.33 bits per heavy atom. The van der Waals surface area contributed by atoms with Gasteiger partial charge >= 0.3 is 0 Å². The molecule has 0 fully saturated rings. The van der Waals surface area contributed by atoms with Gasteiger partial charge in [-0.25, -0.2) is 0 Å². The average molecular weight is 304 g/mol. The van der Waals surface area contributed by atoms with Crippen molar-refractivity contribution < 1.29 is 0 Å². The topological polar surface area (TPSA) is 26.0 Å². The van der Waals surface area contributed by atoms with E-state index in [4.69, 9.17) is 5.73 Å². The van der Waals surface area contributed by atoms with Crippen molar-refractivity contribution in [3.8, 4) is 0 Å². The summed E-state index contributed by atoms with van der Waals surface area (Å²) in [4.78, 5) is 0. The van der Waals surface area contributed by atoms with E-state index in [0.717, 1.165) is 16.5 Å². The molecule has 0 aliphatic heterocycles. The molecule has 0 bridgehead atoms. The molecule has 2 aromatic carbocycles. The molecular weight excluding hydrogens is 286 g/mol. The minimum absolute atomic E-state index is 0.0518. The normalized spacial score (nSPS) is 12.4. The zero-order chi connectivity index (χ0) is 13.1. The summed E-state index contributed by atoms with van der Waals surface area (Å²) in [5.74, 6) is 0. The summed E-state index contributed by atoms with van der Waals surface area (Å²) in [6, 6.07) is 14.8. The number of aryl methyl sites for hydroxylation is 2. The lowest BCUT2D eigenvalue weighted by Crippen LogP contribution is -2.13. The van der Waals surface area contributed by atoms with Crippen LogP contribution in [0.5, 0.6) is 0 Å². The maximum Gasteiger partial charge on any atom is 0.0554 e. The van der Waals surface area contributed by atoms with Crippen LogP contribution < -0.4 is 5.73 Å². The molecule has 2 aromatic rings. The van der Waals surface area contributed by atoms with E-state index >= 15 is 0 Å². The van der Waals surface area contributed by atoms with Crippen molar-refractivity contribution in [1.82, 2.24) is 0 Å². The van der Waals surface area contributed by atoms with Gasteiger partial charge in [-0.05, 0) is 47.7 Å². The smallest absolute Gasteiger partial charge is 0.0554 e. The van der Waals surface area contributed by atoms with E-state index in [0.29, 0.717) is 0 Å². The van der Waals surface area contributed by atoms with Crippen molar-refractivity contribution in [2.75, 3.05) is 0 Å². The maximum atomic E-state index is 6.34. The molecule has 0 aliphatic rings. The van der Waals surface area contributed by atoms with E-state index in [2.05, 4.69) is 66.2 Å². The first-order chi connectivity index (χ1) is 8.61. The van der Waals surface area contributed by atoms with Gasteiger partial charge in [-0.15, -0.1) is 0 Å². The van der Waals surface area contributed by atoms with E-state index in [1.165, 1.54) is 16.7 Å². The van der Waals surface area contributed by atoms with Crippen molar-refractivity contribution in [3.05, 3.63) is 69.2 Å². The van der Waals surface area contributed by atoms with Gasteiger partial charge in [0, 0.05) is 4.47 Å². The van der Waals surface area contributed by atoms with Crippen molar-refractivity contribution in [2.45, 2.75) is 26.3 Å². The Bertz CT molecular complexity index is 531. The van der Waals surface area contributed by atoms with Gasteiger partial charge in [-0.2, -0.15) is 0 Å². The summed E-state index contributed by atoms with van der Waals surface area (Å²) < 4.78 is 1.09. The van der Waals surface area contributed by atoms with Crippen LogP contribution >= 0.6 is 15.9 Å². The second-order valence-electron chi connectivity index (χ2n) is 4.57. The summed E-state index contributed by atoms with van der Waals surface area (Å²) in [5, 5.41) is 0. The predicted molar refractivity (Wildman–Crippen MR) is 80.7 cm³/mol. The largest absolute Gasteiger partial charge is 0.320 e. The van der Waals surface area contributed by atoms with Gasteiger partial charge in [-0.3, -0.25) is 0 Å². The number of halogens is 1. The highest BCUT2D eigenvalue weighted by molar-refractivity contribution is 9.10. The Kier molecular flexibility index (Phi) is 4.20. The molecule has 0 radical (unpaired) electrons. The highest BCUT2D eigenvalue weighted by atomic mass is 79.9. The predicted octanol–water partition coefficient (Wildman–Crippen LogP) is 4.37. The van der Waals surface area contributed by atoms with E-state index in [9.17, 15) is 0 Å². The van der Waals surface area contributed by atoms with Crippen molar-refractivity contribution in [2.24, 2.45) is 5.73 Å². The maximum absolute atomic E-state index is 6.34. The van der Waals surface area contributed by atoms with Crippen molar-refractivity contribution >= 4 is 15.9 Å². The zero-order valence-corrected chi connectivity index (χ0v) is 12.4. The third-order valence-electron chi connectivity index (χ3n) is 3.31. The third-order valence-corrected chi connectivity index (χ3v) is 3.81. The first-order valence-corrected chi connectivity index (χ1v) is 7.01. The molecule has 0 heterocycles. The van der Waals surface area contributed by atoms with E-state index in [1.807, 2.05) is 6.07 Å². The molecule has 2 rings (SSSR count). The van der Waals surface area contributed by atoms with E-state index < -0.39 is 0 Å². The van der Waals surface area contributed by atoms with Crippen LogP contribution in [0.25, 0.3) is 0 Å². The number of hydrogen-bond donors (Lipinski definition) is 1. The number of nitrogens with two attached hydrogens (primary N) is 1.